The van der Waals surface area contributed by atoms with Crippen molar-refractivity contribution < 1.29 is 18.0 Å². The van der Waals surface area contributed by atoms with E-state index >= 15 is 0 Å². The van der Waals surface area contributed by atoms with Crippen molar-refractivity contribution in [3.63, 3.8) is 0 Å². The Morgan fingerprint density at radius 1 is 1.36 bits per heavy atom. The largest absolute Gasteiger partial charge is 0.376 e. The lowest BCUT2D eigenvalue weighted by Crippen LogP contribution is -2.39. The van der Waals surface area contributed by atoms with Crippen molar-refractivity contribution in [2.45, 2.75) is 12.5 Å². The Morgan fingerprint density at radius 3 is 2.64 bits per heavy atom. The average molecular weight is 346 g/mol. The first-order chi connectivity index (χ1) is 10.3. The Bertz CT molecular complexity index is 705. The zero-order valence-corrected chi connectivity index (χ0v) is 13.2. The molecule has 2 rings (SSSR count). The van der Waals surface area contributed by atoms with Crippen LogP contribution in [0.1, 0.15) is 16.8 Å². The number of halogens is 1. The lowest BCUT2D eigenvalue weighted by molar-refractivity contribution is -0.119. The first-order valence-corrected chi connectivity index (χ1v) is 8.80. The van der Waals surface area contributed by atoms with E-state index in [1.807, 2.05) is 0 Å². The van der Waals surface area contributed by atoms with Gasteiger partial charge in [0.15, 0.2) is 9.84 Å². The molecule has 7 nitrogen and oxygen atoms in total. The molecule has 1 heterocycles. The van der Waals surface area contributed by atoms with Gasteiger partial charge >= 0.3 is 0 Å². The van der Waals surface area contributed by atoms with Gasteiger partial charge in [0, 0.05) is 11.7 Å². The molecule has 1 atom stereocenters. The lowest BCUT2D eigenvalue weighted by atomic mass is 10.2. The van der Waals surface area contributed by atoms with E-state index < -0.39 is 15.7 Å². The number of benzene rings is 1. The fourth-order valence-electron chi connectivity index (χ4n) is 2.19. The third-order valence-electron chi connectivity index (χ3n) is 3.29. The van der Waals surface area contributed by atoms with Crippen LogP contribution in [0.15, 0.2) is 18.2 Å². The Kier molecular flexibility index (Phi) is 4.92. The summed E-state index contributed by atoms with van der Waals surface area (Å²) in [6, 6.07) is 4.21. The Hall–Kier alpha value is -1.80. The number of sulfone groups is 1. The van der Waals surface area contributed by atoms with Gasteiger partial charge in [-0.3, -0.25) is 9.59 Å². The second kappa shape index (κ2) is 6.53. The molecule has 1 aromatic rings. The maximum absolute atomic E-state index is 11.8. The van der Waals surface area contributed by atoms with E-state index in [0.717, 1.165) is 0 Å². The summed E-state index contributed by atoms with van der Waals surface area (Å²) in [6.45, 7) is -0.0250. The molecule has 0 aromatic heterocycles. The number of primary amides is 1. The molecule has 1 aliphatic heterocycles. The molecule has 9 heteroatoms. The predicted molar refractivity (Wildman–Crippen MR) is 83.7 cm³/mol. The summed E-state index contributed by atoms with van der Waals surface area (Å²) in [4.78, 5) is 22.8. The van der Waals surface area contributed by atoms with Crippen LogP contribution in [0.5, 0.6) is 0 Å². The number of nitrogens with two attached hydrogens (primary N) is 1. The smallest absolute Gasteiger partial charge is 0.250 e. The topological polar surface area (TPSA) is 118 Å². The highest BCUT2D eigenvalue weighted by Gasteiger charge is 2.28. The van der Waals surface area contributed by atoms with E-state index in [-0.39, 0.29) is 40.6 Å². The van der Waals surface area contributed by atoms with Crippen molar-refractivity contribution in [1.29, 1.82) is 0 Å². The minimum absolute atomic E-state index is 0.0160. The summed E-state index contributed by atoms with van der Waals surface area (Å²) in [5, 5.41) is 5.70. The van der Waals surface area contributed by atoms with Gasteiger partial charge in [-0.15, -0.1) is 0 Å². The standard InChI is InChI=1S/C13H16ClN3O4S/c14-11-5-8(1-2-10(11)13(15)19)16-6-12(18)17-9-3-4-22(20,21)7-9/h1-2,5,9,16H,3-4,6-7H2,(H2,15,19)(H,17,18). The van der Waals surface area contributed by atoms with E-state index in [4.69, 9.17) is 17.3 Å². The highest BCUT2D eigenvalue weighted by molar-refractivity contribution is 7.91. The van der Waals surface area contributed by atoms with Gasteiger partial charge in [-0.1, -0.05) is 11.6 Å². The van der Waals surface area contributed by atoms with Crippen LogP contribution in [0.4, 0.5) is 5.69 Å². The van der Waals surface area contributed by atoms with Crippen molar-refractivity contribution in [3.05, 3.63) is 28.8 Å². The van der Waals surface area contributed by atoms with Crippen molar-refractivity contribution in [2.75, 3.05) is 23.4 Å². The minimum atomic E-state index is -3.02. The molecule has 1 aliphatic rings. The third-order valence-corrected chi connectivity index (χ3v) is 5.37. The highest BCUT2D eigenvalue weighted by atomic mass is 35.5. The van der Waals surface area contributed by atoms with E-state index in [1.165, 1.54) is 12.1 Å². The highest BCUT2D eigenvalue weighted by Crippen LogP contribution is 2.20. The third kappa shape index (κ3) is 4.35. The first-order valence-electron chi connectivity index (χ1n) is 6.60. The number of amides is 2. The van der Waals surface area contributed by atoms with Gasteiger partial charge in [-0.05, 0) is 24.6 Å². The monoisotopic (exact) mass is 345 g/mol. The van der Waals surface area contributed by atoms with Gasteiger partial charge in [0.05, 0.1) is 28.6 Å². The molecule has 1 fully saturated rings. The first kappa shape index (κ1) is 16.6. The molecule has 22 heavy (non-hydrogen) atoms. The molecule has 0 radical (unpaired) electrons. The predicted octanol–water partition coefficient (Wildman–Crippen LogP) is 0.154. The van der Waals surface area contributed by atoms with Crippen molar-refractivity contribution in [1.82, 2.24) is 5.32 Å². The molecule has 1 aromatic carbocycles. The summed E-state index contributed by atoms with van der Waals surface area (Å²) < 4.78 is 22.6. The van der Waals surface area contributed by atoms with E-state index in [2.05, 4.69) is 10.6 Å². The average Bonchev–Trinajstić information content (AvgIpc) is 2.75. The number of carbonyl (C=O) groups excluding carboxylic acids is 2. The van der Waals surface area contributed by atoms with Gasteiger partial charge in [0.1, 0.15) is 0 Å². The van der Waals surface area contributed by atoms with Crippen LogP contribution in [0.3, 0.4) is 0 Å². The molecule has 120 valence electrons. The van der Waals surface area contributed by atoms with Crippen LogP contribution in [0, 0.1) is 0 Å². The van der Waals surface area contributed by atoms with Crippen LogP contribution in [-0.4, -0.2) is 44.3 Å². The van der Waals surface area contributed by atoms with Crippen molar-refractivity contribution >= 4 is 38.9 Å². The maximum atomic E-state index is 11.8. The van der Waals surface area contributed by atoms with E-state index in [0.29, 0.717) is 12.1 Å². The fourth-order valence-corrected chi connectivity index (χ4v) is 4.14. The quantitative estimate of drug-likeness (QED) is 0.702. The van der Waals surface area contributed by atoms with Crippen LogP contribution in [0.2, 0.25) is 5.02 Å². The molecule has 0 bridgehead atoms. The van der Waals surface area contributed by atoms with Gasteiger partial charge < -0.3 is 16.4 Å². The van der Waals surface area contributed by atoms with E-state index in [1.54, 1.807) is 6.07 Å². The Morgan fingerprint density at radius 2 is 2.09 bits per heavy atom. The Labute approximate surface area is 133 Å². The molecule has 4 N–H and O–H groups in total. The molecule has 2 amide bonds. The van der Waals surface area contributed by atoms with Crippen molar-refractivity contribution in [3.8, 4) is 0 Å². The van der Waals surface area contributed by atoms with Gasteiger partial charge in [-0.25, -0.2) is 8.42 Å². The zero-order chi connectivity index (χ0) is 16.3. The van der Waals surface area contributed by atoms with Crippen LogP contribution in [-0.2, 0) is 14.6 Å². The number of nitrogens with one attached hydrogen (secondary N) is 2. The van der Waals surface area contributed by atoms with Crippen LogP contribution >= 0.6 is 11.6 Å². The molecule has 1 unspecified atom stereocenters. The second-order valence-electron chi connectivity index (χ2n) is 5.08. The lowest BCUT2D eigenvalue weighted by Gasteiger charge is -2.12. The van der Waals surface area contributed by atoms with Gasteiger partial charge in [0.2, 0.25) is 11.8 Å². The minimum Gasteiger partial charge on any atom is -0.376 e. The molecular weight excluding hydrogens is 330 g/mol. The Balaban J connectivity index is 1.86. The summed E-state index contributed by atoms with van der Waals surface area (Å²) in [5.74, 6) is -0.845. The summed E-state index contributed by atoms with van der Waals surface area (Å²) in [5.41, 5.74) is 5.90. The SMILES string of the molecule is NC(=O)c1ccc(NCC(=O)NC2CCS(=O)(=O)C2)cc1Cl. The number of rotatable bonds is 5. The summed E-state index contributed by atoms with van der Waals surface area (Å²) >= 11 is 5.90. The van der Waals surface area contributed by atoms with Gasteiger partial charge in [0.25, 0.3) is 0 Å². The van der Waals surface area contributed by atoms with Crippen LogP contribution in [0.25, 0.3) is 0 Å². The van der Waals surface area contributed by atoms with Crippen molar-refractivity contribution in [2.24, 2.45) is 5.73 Å². The fraction of sp³-hybridized carbons (Fsp3) is 0.385. The summed E-state index contributed by atoms with van der Waals surface area (Å²) in [7, 11) is -3.02. The maximum Gasteiger partial charge on any atom is 0.250 e. The molecule has 0 spiro atoms. The summed E-state index contributed by atoms with van der Waals surface area (Å²) in [6.07, 6.45) is 0.438. The number of carbonyl (C=O) groups is 2. The van der Waals surface area contributed by atoms with E-state index in [9.17, 15) is 18.0 Å². The molecular formula is C13H16ClN3O4S. The molecule has 1 saturated heterocycles. The van der Waals surface area contributed by atoms with Gasteiger partial charge in [-0.2, -0.15) is 0 Å². The normalized spacial score (nSPS) is 19.6. The zero-order valence-electron chi connectivity index (χ0n) is 11.6. The number of hydrogen-bond donors (Lipinski definition) is 3. The number of hydrogen-bond acceptors (Lipinski definition) is 5. The number of anilines is 1. The van der Waals surface area contributed by atoms with Crippen LogP contribution < -0.4 is 16.4 Å². The molecule has 0 aliphatic carbocycles. The molecule has 0 saturated carbocycles. The second-order valence-corrected chi connectivity index (χ2v) is 7.72.